The third-order valence-corrected chi connectivity index (χ3v) is 5.11. The second kappa shape index (κ2) is 4.61. The number of fused-ring (bicyclic) bond motifs is 1. The van der Waals surface area contributed by atoms with E-state index in [0.717, 1.165) is 14.3 Å². The first kappa shape index (κ1) is 11.5. The van der Waals surface area contributed by atoms with Crippen molar-refractivity contribution in [3.8, 4) is 10.6 Å². The van der Waals surface area contributed by atoms with Gasteiger partial charge in [-0.1, -0.05) is 12.2 Å². The average Bonchev–Trinajstić information content (AvgIpc) is 2.84. The van der Waals surface area contributed by atoms with E-state index in [2.05, 4.69) is 49.9 Å². The largest absolute Gasteiger partial charge is 0.341 e. The van der Waals surface area contributed by atoms with Crippen LogP contribution in [0.15, 0.2) is 34.5 Å². The molecule has 2 aliphatic rings. The lowest BCUT2D eigenvalue weighted by Gasteiger charge is -2.10. The van der Waals surface area contributed by atoms with Gasteiger partial charge in [-0.15, -0.1) is 22.7 Å². The summed E-state index contributed by atoms with van der Waals surface area (Å²) in [5, 5.41) is 0. The second-order valence-corrected chi connectivity index (χ2v) is 7.70. The first-order valence-electron chi connectivity index (χ1n) is 4.91. The third kappa shape index (κ3) is 2.35. The molecule has 0 N–H and O–H groups in total. The van der Waals surface area contributed by atoms with Gasteiger partial charge in [-0.25, -0.2) is 4.98 Å². The molecule has 0 atom stereocenters. The fraction of sp³-hybridized carbons (Fsp3) is 0.0909. The Balaban J connectivity index is 2.03. The summed E-state index contributed by atoms with van der Waals surface area (Å²) >= 11 is 11.9. The highest BCUT2D eigenvalue weighted by atomic mass is 79.9. The molecule has 0 radical (unpaired) electrons. The summed E-state index contributed by atoms with van der Waals surface area (Å²) in [6.45, 7) is 0.839. The van der Waals surface area contributed by atoms with Crippen molar-refractivity contribution >= 4 is 50.8 Å². The van der Waals surface area contributed by atoms with Crippen LogP contribution in [0.4, 0.5) is 0 Å². The quantitative estimate of drug-likeness (QED) is 0.630. The van der Waals surface area contributed by atoms with Gasteiger partial charge in [0.25, 0.3) is 0 Å². The second-order valence-electron chi connectivity index (χ2n) is 3.53. The first-order valence-corrected chi connectivity index (χ1v) is 7.75. The van der Waals surface area contributed by atoms with Gasteiger partial charge in [-0.3, -0.25) is 0 Å². The molecule has 2 nitrogen and oxygen atoms in total. The number of pyridine rings is 1. The summed E-state index contributed by atoms with van der Waals surface area (Å²) in [5.41, 5.74) is 1.20. The summed E-state index contributed by atoms with van der Waals surface area (Å²) < 4.78 is 4.07. The minimum absolute atomic E-state index is 0.839. The Labute approximate surface area is 120 Å². The van der Waals surface area contributed by atoms with Crippen LogP contribution in [0.3, 0.4) is 0 Å². The number of nitrogens with zero attached hydrogens (tertiary/aromatic N) is 2. The highest BCUT2D eigenvalue weighted by Crippen LogP contribution is 2.30. The Bertz CT molecular complexity index is 682. The highest BCUT2D eigenvalue weighted by molar-refractivity contribution is 9.11. The molecule has 0 spiro atoms. The van der Waals surface area contributed by atoms with E-state index in [1.165, 1.54) is 15.4 Å². The number of rotatable bonds is 2. The number of thiazole rings is 1. The van der Waals surface area contributed by atoms with Gasteiger partial charge in [0.1, 0.15) is 0 Å². The molecule has 0 amide bonds. The van der Waals surface area contributed by atoms with E-state index in [1.54, 1.807) is 22.7 Å². The van der Waals surface area contributed by atoms with Gasteiger partial charge >= 0.3 is 0 Å². The summed E-state index contributed by atoms with van der Waals surface area (Å²) in [7, 11) is 0. The van der Waals surface area contributed by atoms with Crippen LogP contribution in [-0.2, 0) is 6.54 Å². The van der Waals surface area contributed by atoms with Crippen LogP contribution in [0, 0.1) is 3.82 Å². The van der Waals surface area contributed by atoms with Crippen molar-refractivity contribution < 1.29 is 0 Å². The molecule has 86 valence electrons. The smallest absolute Gasteiger partial charge is 0.159 e. The van der Waals surface area contributed by atoms with Crippen molar-refractivity contribution in [2.75, 3.05) is 0 Å². The van der Waals surface area contributed by atoms with Crippen LogP contribution in [0.2, 0.25) is 0 Å². The molecular weight excluding hydrogens is 336 g/mol. The number of halogens is 1. The van der Waals surface area contributed by atoms with Gasteiger partial charge in [-0.05, 0) is 34.1 Å². The number of hydrogen-bond donors (Lipinski definition) is 0. The van der Waals surface area contributed by atoms with Crippen LogP contribution in [-0.4, -0.2) is 9.55 Å². The predicted octanol–water partition coefficient (Wildman–Crippen LogP) is 4.65. The summed E-state index contributed by atoms with van der Waals surface area (Å²) in [5.74, 6) is 0. The van der Waals surface area contributed by atoms with Crippen molar-refractivity contribution in [1.29, 1.82) is 0 Å². The van der Waals surface area contributed by atoms with E-state index in [0.29, 0.717) is 0 Å². The lowest BCUT2D eigenvalue weighted by Crippen LogP contribution is -2.01. The van der Waals surface area contributed by atoms with Crippen molar-refractivity contribution in [2.24, 2.45) is 0 Å². The topological polar surface area (TPSA) is 17.8 Å². The molecule has 0 bridgehead atoms. The zero-order valence-electron chi connectivity index (χ0n) is 8.59. The Hall–Kier alpha value is -0.560. The Morgan fingerprint density at radius 3 is 3.06 bits per heavy atom. The van der Waals surface area contributed by atoms with Crippen molar-refractivity contribution in [1.82, 2.24) is 9.55 Å². The molecular formula is C11H7BrN2S3. The Morgan fingerprint density at radius 1 is 1.41 bits per heavy atom. The zero-order valence-corrected chi connectivity index (χ0v) is 12.6. The molecule has 1 aromatic rings. The molecule has 0 saturated carbocycles. The van der Waals surface area contributed by atoms with Crippen molar-refractivity contribution in [3.63, 3.8) is 0 Å². The van der Waals surface area contributed by atoms with Gasteiger partial charge < -0.3 is 4.57 Å². The maximum absolute atomic E-state index is 5.23. The number of thiophene rings is 1. The third-order valence-electron chi connectivity index (χ3n) is 2.39. The fourth-order valence-corrected chi connectivity index (χ4v) is 4.25. The van der Waals surface area contributed by atoms with E-state index >= 15 is 0 Å². The molecule has 2 aliphatic heterocycles. The lowest BCUT2D eigenvalue weighted by molar-refractivity contribution is 0.812. The molecule has 6 heteroatoms. The minimum atomic E-state index is 0.839. The van der Waals surface area contributed by atoms with Crippen LogP contribution >= 0.6 is 50.8 Å². The summed E-state index contributed by atoms with van der Waals surface area (Å²) in [4.78, 5) is 6.67. The minimum Gasteiger partial charge on any atom is -0.341 e. The van der Waals surface area contributed by atoms with Crippen LogP contribution in [0.1, 0.15) is 4.88 Å². The molecule has 0 saturated heterocycles. The Kier molecular flexibility index (Phi) is 3.12. The van der Waals surface area contributed by atoms with Crippen molar-refractivity contribution in [3.05, 3.63) is 43.2 Å². The SMILES string of the molecule is S=c1cc2n(Cc3cnc(Br)s3)cccc-2s1. The molecule has 0 aliphatic carbocycles. The number of hydrogen-bond acceptors (Lipinski definition) is 4. The van der Waals surface area contributed by atoms with E-state index < -0.39 is 0 Å². The molecule has 0 fully saturated rings. The maximum atomic E-state index is 5.23. The van der Waals surface area contributed by atoms with Gasteiger partial charge in [0.2, 0.25) is 0 Å². The Morgan fingerprint density at radius 2 is 2.29 bits per heavy atom. The standard InChI is InChI=1S/C11H7BrN2S3/c12-11-13-5-7(16-11)6-14-3-1-2-9-8(14)4-10(15)17-9/h1-5H,6H2. The van der Waals surface area contributed by atoms with E-state index in [9.17, 15) is 0 Å². The molecule has 3 heterocycles. The van der Waals surface area contributed by atoms with Gasteiger partial charge in [0.05, 0.1) is 20.9 Å². The zero-order chi connectivity index (χ0) is 11.8. The van der Waals surface area contributed by atoms with Crippen LogP contribution in [0.25, 0.3) is 10.6 Å². The van der Waals surface area contributed by atoms with E-state index in [1.807, 2.05) is 6.20 Å². The fourth-order valence-electron chi connectivity index (χ4n) is 1.69. The lowest BCUT2D eigenvalue weighted by atomic mass is 10.3. The van der Waals surface area contributed by atoms with Gasteiger partial charge in [-0.2, -0.15) is 0 Å². The molecule has 0 unspecified atom stereocenters. The predicted molar refractivity (Wildman–Crippen MR) is 78.7 cm³/mol. The van der Waals surface area contributed by atoms with E-state index in [-0.39, 0.29) is 0 Å². The molecule has 3 rings (SSSR count). The molecule has 1 aromatic heterocycles. The monoisotopic (exact) mass is 342 g/mol. The highest BCUT2D eigenvalue weighted by Gasteiger charge is 2.09. The summed E-state index contributed by atoms with van der Waals surface area (Å²) in [6.07, 6.45) is 3.99. The normalized spacial score (nSPS) is 11.1. The van der Waals surface area contributed by atoms with Crippen molar-refractivity contribution in [2.45, 2.75) is 6.54 Å². The van der Waals surface area contributed by atoms with Crippen LogP contribution in [0.5, 0.6) is 0 Å². The first-order chi connectivity index (χ1) is 8.22. The average molecular weight is 343 g/mol. The van der Waals surface area contributed by atoms with Gasteiger partial charge in [0.15, 0.2) is 3.92 Å². The van der Waals surface area contributed by atoms with E-state index in [4.69, 9.17) is 12.2 Å². The van der Waals surface area contributed by atoms with Gasteiger partial charge in [0, 0.05) is 17.3 Å². The maximum Gasteiger partial charge on any atom is 0.159 e. The molecule has 0 aromatic carbocycles. The summed E-state index contributed by atoms with van der Waals surface area (Å²) in [6, 6.07) is 6.23. The number of aromatic nitrogens is 2. The molecule has 17 heavy (non-hydrogen) atoms. The van der Waals surface area contributed by atoms with Crippen LogP contribution < -0.4 is 0 Å².